The number of halogens is 1. The molecule has 6 nitrogen and oxygen atoms in total. The van der Waals surface area contributed by atoms with Crippen molar-refractivity contribution >= 4 is 16.0 Å². The molecule has 0 radical (unpaired) electrons. The van der Waals surface area contributed by atoms with Crippen LogP contribution in [0, 0.1) is 5.82 Å². The molecular weight excluding hydrogens is 299 g/mol. The SMILES string of the molecule is CC(C)N(C)CCNS(=O)(=O)c1ccc(C(=O)O)cc1F. The predicted molar refractivity (Wildman–Crippen MR) is 76.3 cm³/mol. The van der Waals surface area contributed by atoms with E-state index in [0.29, 0.717) is 12.6 Å². The Kier molecular flexibility index (Phi) is 5.82. The van der Waals surface area contributed by atoms with Gasteiger partial charge in [-0.05, 0) is 39.1 Å². The van der Waals surface area contributed by atoms with E-state index in [1.165, 1.54) is 0 Å². The van der Waals surface area contributed by atoms with Crippen molar-refractivity contribution in [3.63, 3.8) is 0 Å². The lowest BCUT2D eigenvalue weighted by molar-refractivity contribution is 0.0696. The molecule has 1 aromatic carbocycles. The fourth-order valence-corrected chi connectivity index (χ4v) is 2.62. The van der Waals surface area contributed by atoms with E-state index in [1.807, 2.05) is 25.8 Å². The Hall–Kier alpha value is -1.51. The van der Waals surface area contributed by atoms with E-state index in [2.05, 4.69) is 4.72 Å². The van der Waals surface area contributed by atoms with Crippen molar-refractivity contribution in [1.82, 2.24) is 9.62 Å². The molecule has 0 saturated heterocycles. The summed E-state index contributed by atoms with van der Waals surface area (Å²) in [5.41, 5.74) is -0.300. The highest BCUT2D eigenvalue weighted by Gasteiger charge is 2.20. The molecule has 0 aliphatic heterocycles. The lowest BCUT2D eigenvalue weighted by atomic mass is 10.2. The fraction of sp³-hybridized carbons (Fsp3) is 0.462. The number of carbonyl (C=O) groups is 1. The molecule has 0 aliphatic rings. The van der Waals surface area contributed by atoms with Crippen LogP contribution in [-0.4, -0.2) is 50.6 Å². The molecule has 0 unspecified atom stereocenters. The van der Waals surface area contributed by atoms with Crippen LogP contribution in [0.25, 0.3) is 0 Å². The fourth-order valence-electron chi connectivity index (χ4n) is 1.54. The van der Waals surface area contributed by atoms with Gasteiger partial charge in [0, 0.05) is 19.1 Å². The molecule has 8 heteroatoms. The number of rotatable bonds is 7. The van der Waals surface area contributed by atoms with Crippen LogP contribution in [0.3, 0.4) is 0 Å². The lowest BCUT2D eigenvalue weighted by Crippen LogP contribution is -2.36. The van der Waals surface area contributed by atoms with Crippen molar-refractivity contribution in [2.24, 2.45) is 0 Å². The van der Waals surface area contributed by atoms with Gasteiger partial charge in [-0.3, -0.25) is 0 Å². The van der Waals surface area contributed by atoms with Crippen molar-refractivity contribution in [1.29, 1.82) is 0 Å². The zero-order valence-electron chi connectivity index (χ0n) is 12.1. The molecule has 0 aliphatic carbocycles. The van der Waals surface area contributed by atoms with E-state index in [-0.39, 0.29) is 18.2 Å². The van der Waals surface area contributed by atoms with Crippen LogP contribution >= 0.6 is 0 Å². The van der Waals surface area contributed by atoms with Gasteiger partial charge in [0.25, 0.3) is 0 Å². The number of hydrogen-bond acceptors (Lipinski definition) is 4. The molecule has 1 rings (SSSR count). The minimum atomic E-state index is -4.00. The smallest absolute Gasteiger partial charge is 0.335 e. The highest BCUT2D eigenvalue weighted by Crippen LogP contribution is 2.16. The summed E-state index contributed by atoms with van der Waals surface area (Å²) < 4.78 is 40.0. The van der Waals surface area contributed by atoms with E-state index < -0.39 is 26.7 Å². The minimum absolute atomic E-state index is 0.136. The largest absolute Gasteiger partial charge is 0.478 e. The summed E-state index contributed by atoms with van der Waals surface area (Å²) in [7, 11) is -2.15. The summed E-state index contributed by atoms with van der Waals surface area (Å²) in [6.45, 7) is 4.56. The number of aromatic carboxylic acids is 1. The van der Waals surface area contributed by atoms with Crippen molar-refractivity contribution in [3.8, 4) is 0 Å². The first-order chi connectivity index (χ1) is 9.65. The van der Waals surface area contributed by atoms with Crippen LogP contribution in [0.2, 0.25) is 0 Å². The van der Waals surface area contributed by atoms with Gasteiger partial charge < -0.3 is 10.0 Å². The first-order valence-corrected chi connectivity index (χ1v) is 7.86. The zero-order valence-corrected chi connectivity index (χ0v) is 12.9. The van der Waals surface area contributed by atoms with E-state index in [1.54, 1.807) is 0 Å². The van der Waals surface area contributed by atoms with E-state index in [9.17, 15) is 17.6 Å². The maximum absolute atomic E-state index is 13.7. The highest BCUT2D eigenvalue weighted by atomic mass is 32.2. The second kappa shape index (κ2) is 6.97. The van der Waals surface area contributed by atoms with E-state index >= 15 is 0 Å². The van der Waals surface area contributed by atoms with E-state index in [4.69, 9.17) is 5.11 Å². The first kappa shape index (κ1) is 17.5. The summed E-state index contributed by atoms with van der Waals surface area (Å²) in [4.78, 5) is 12.1. The number of carboxylic acid groups (broad SMARTS) is 1. The van der Waals surface area contributed by atoms with Gasteiger partial charge in [-0.25, -0.2) is 22.3 Å². The van der Waals surface area contributed by atoms with Gasteiger partial charge in [0.1, 0.15) is 10.7 Å². The zero-order chi connectivity index (χ0) is 16.2. The number of likely N-dealkylation sites (N-methyl/N-ethyl adjacent to an activating group) is 1. The molecule has 1 aromatic rings. The Morgan fingerprint density at radius 2 is 2.05 bits per heavy atom. The maximum atomic E-state index is 13.7. The Labute approximate surface area is 123 Å². The number of nitrogens with zero attached hydrogens (tertiary/aromatic N) is 1. The van der Waals surface area contributed by atoms with Crippen LogP contribution < -0.4 is 4.72 Å². The molecular formula is C13H19FN2O4S. The summed E-state index contributed by atoms with van der Waals surface area (Å²) >= 11 is 0. The summed E-state index contributed by atoms with van der Waals surface area (Å²) in [5.74, 6) is -2.40. The second-order valence-electron chi connectivity index (χ2n) is 4.92. The van der Waals surface area contributed by atoms with E-state index in [0.717, 1.165) is 12.1 Å². The molecule has 0 aromatic heterocycles. The van der Waals surface area contributed by atoms with Crippen molar-refractivity contribution in [3.05, 3.63) is 29.6 Å². The third kappa shape index (κ3) is 4.76. The van der Waals surface area contributed by atoms with Gasteiger partial charge in [0.05, 0.1) is 5.56 Å². The molecule has 0 atom stereocenters. The molecule has 0 bridgehead atoms. The van der Waals surface area contributed by atoms with Gasteiger partial charge >= 0.3 is 5.97 Å². The number of hydrogen-bond donors (Lipinski definition) is 2. The first-order valence-electron chi connectivity index (χ1n) is 6.38. The standard InChI is InChI=1S/C13H19FN2O4S/c1-9(2)16(3)7-6-15-21(19,20)12-5-4-10(13(17)18)8-11(12)14/h4-5,8-9,15H,6-7H2,1-3H3,(H,17,18). The highest BCUT2D eigenvalue weighted by molar-refractivity contribution is 7.89. The van der Waals surface area contributed by atoms with Crippen LogP contribution in [0.5, 0.6) is 0 Å². The van der Waals surface area contributed by atoms with Gasteiger partial charge in [-0.2, -0.15) is 0 Å². The van der Waals surface area contributed by atoms with Crippen molar-refractivity contribution < 1.29 is 22.7 Å². The third-order valence-corrected chi connectivity index (χ3v) is 4.60. The quantitative estimate of drug-likeness (QED) is 0.787. The second-order valence-corrected chi connectivity index (χ2v) is 6.66. The topological polar surface area (TPSA) is 86.7 Å². The van der Waals surface area contributed by atoms with Crippen LogP contribution in [0.1, 0.15) is 24.2 Å². The molecule has 0 heterocycles. The van der Waals surface area contributed by atoms with Crippen LogP contribution in [0.4, 0.5) is 4.39 Å². The summed E-state index contributed by atoms with van der Waals surface area (Å²) in [6.07, 6.45) is 0. The maximum Gasteiger partial charge on any atom is 0.335 e. The lowest BCUT2D eigenvalue weighted by Gasteiger charge is -2.20. The van der Waals surface area contributed by atoms with Gasteiger partial charge in [-0.15, -0.1) is 0 Å². The average molecular weight is 318 g/mol. The van der Waals surface area contributed by atoms with Gasteiger partial charge in [0.15, 0.2) is 0 Å². The Bertz CT molecular complexity index is 617. The van der Waals surface area contributed by atoms with Crippen LogP contribution in [-0.2, 0) is 10.0 Å². The number of sulfonamides is 1. The molecule has 21 heavy (non-hydrogen) atoms. The number of nitrogens with one attached hydrogen (secondary N) is 1. The number of carboxylic acids is 1. The molecule has 0 amide bonds. The number of benzene rings is 1. The van der Waals surface area contributed by atoms with Gasteiger partial charge in [-0.1, -0.05) is 0 Å². The minimum Gasteiger partial charge on any atom is -0.478 e. The average Bonchev–Trinajstić information content (AvgIpc) is 2.37. The predicted octanol–water partition coefficient (Wildman–Crippen LogP) is 1.14. The summed E-state index contributed by atoms with van der Waals surface area (Å²) in [6, 6.07) is 2.96. The normalized spacial score (nSPS) is 12.1. The van der Waals surface area contributed by atoms with Crippen LogP contribution in [0.15, 0.2) is 23.1 Å². The monoisotopic (exact) mass is 318 g/mol. The van der Waals surface area contributed by atoms with Gasteiger partial charge in [0.2, 0.25) is 10.0 Å². The van der Waals surface area contributed by atoms with Crippen molar-refractivity contribution in [2.75, 3.05) is 20.1 Å². The van der Waals surface area contributed by atoms with Crippen molar-refractivity contribution in [2.45, 2.75) is 24.8 Å². The Balaban J connectivity index is 2.82. The third-order valence-electron chi connectivity index (χ3n) is 3.11. The molecule has 2 N–H and O–H groups in total. The molecule has 0 saturated carbocycles. The Morgan fingerprint density at radius 3 is 2.52 bits per heavy atom. The Morgan fingerprint density at radius 1 is 1.43 bits per heavy atom. The molecule has 0 spiro atoms. The molecule has 0 fully saturated rings. The molecule has 118 valence electrons. The summed E-state index contributed by atoms with van der Waals surface area (Å²) in [5, 5.41) is 8.72.